The van der Waals surface area contributed by atoms with Crippen LogP contribution in [0.1, 0.15) is 41.9 Å². The van der Waals surface area contributed by atoms with Gasteiger partial charge in [0.25, 0.3) is 0 Å². The van der Waals surface area contributed by atoms with E-state index in [9.17, 15) is 4.79 Å². The molecule has 0 saturated heterocycles. The van der Waals surface area contributed by atoms with Crippen molar-refractivity contribution in [2.24, 2.45) is 7.05 Å². The molecule has 4 rings (SSSR count). The van der Waals surface area contributed by atoms with Crippen molar-refractivity contribution in [3.8, 4) is 11.3 Å². The molecule has 3 heterocycles. The van der Waals surface area contributed by atoms with Gasteiger partial charge in [0.2, 0.25) is 0 Å². The van der Waals surface area contributed by atoms with Gasteiger partial charge in [-0.15, -0.1) is 0 Å². The van der Waals surface area contributed by atoms with Gasteiger partial charge < -0.3 is 4.57 Å². The summed E-state index contributed by atoms with van der Waals surface area (Å²) in [5.74, 6) is 1.42. The quantitative estimate of drug-likeness (QED) is 0.499. The Labute approximate surface area is 163 Å². The molecular formula is C21H22N6O. The molecule has 142 valence electrons. The minimum Gasteiger partial charge on any atom is -0.331 e. The highest BCUT2D eigenvalue weighted by Crippen LogP contribution is 2.23. The Morgan fingerprint density at radius 2 is 1.96 bits per heavy atom. The van der Waals surface area contributed by atoms with E-state index in [1.165, 1.54) is 0 Å². The van der Waals surface area contributed by atoms with E-state index in [2.05, 4.69) is 20.1 Å². The molecule has 7 heteroatoms. The molecule has 0 aliphatic carbocycles. The first-order chi connectivity index (χ1) is 13.4. The summed E-state index contributed by atoms with van der Waals surface area (Å²) in [6, 6.07) is 6.25. The van der Waals surface area contributed by atoms with Crippen molar-refractivity contribution in [2.45, 2.75) is 33.2 Å². The lowest BCUT2D eigenvalue weighted by atomic mass is 10.1. The van der Waals surface area contributed by atoms with Crippen molar-refractivity contribution >= 4 is 16.7 Å². The van der Waals surface area contributed by atoms with Crippen LogP contribution in [0.15, 0.2) is 43.0 Å². The summed E-state index contributed by atoms with van der Waals surface area (Å²) in [6.45, 7) is 6.02. The van der Waals surface area contributed by atoms with Crippen LogP contribution in [0.3, 0.4) is 0 Å². The second-order valence-corrected chi connectivity index (χ2v) is 7.21. The van der Waals surface area contributed by atoms with Crippen LogP contribution in [-0.4, -0.2) is 35.1 Å². The number of fused-ring (bicyclic) bond motifs is 1. The first kappa shape index (κ1) is 18.0. The summed E-state index contributed by atoms with van der Waals surface area (Å²) in [6.07, 6.45) is 7.15. The van der Waals surface area contributed by atoms with E-state index in [0.29, 0.717) is 11.4 Å². The summed E-state index contributed by atoms with van der Waals surface area (Å²) in [5.41, 5.74) is 3.45. The number of ketones is 1. The number of Topliss-reactive ketones (excluding diaryl/α,β-unsaturated/α-hetero) is 1. The van der Waals surface area contributed by atoms with E-state index >= 15 is 0 Å². The molecule has 7 nitrogen and oxygen atoms in total. The second-order valence-electron chi connectivity index (χ2n) is 7.21. The van der Waals surface area contributed by atoms with E-state index < -0.39 is 0 Å². The van der Waals surface area contributed by atoms with Crippen molar-refractivity contribution < 1.29 is 4.79 Å². The van der Waals surface area contributed by atoms with Gasteiger partial charge in [-0.05, 0) is 26.8 Å². The minimum atomic E-state index is -0.0373. The number of benzene rings is 1. The van der Waals surface area contributed by atoms with Crippen LogP contribution in [0.4, 0.5) is 0 Å². The van der Waals surface area contributed by atoms with Crippen molar-refractivity contribution in [1.29, 1.82) is 0 Å². The van der Waals surface area contributed by atoms with Crippen molar-refractivity contribution in [2.75, 3.05) is 0 Å². The molecule has 0 spiro atoms. The Hall–Kier alpha value is -3.35. The highest BCUT2D eigenvalue weighted by atomic mass is 16.1. The Kier molecular flexibility index (Phi) is 4.50. The van der Waals surface area contributed by atoms with Crippen LogP contribution in [0.2, 0.25) is 0 Å². The van der Waals surface area contributed by atoms with E-state index in [0.717, 1.165) is 28.0 Å². The average Bonchev–Trinajstić information content (AvgIpc) is 3.29. The third kappa shape index (κ3) is 3.31. The molecule has 1 aromatic carbocycles. The van der Waals surface area contributed by atoms with E-state index in [1.807, 2.05) is 56.8 Å². The fourth-order valence-corrected chi connectivity index (χ4v) is 3.09. The summed E-state index contributed by atoms with van der Waals surface area (Å²) in [5, 5.41) is 5.17. The number of hydrogen-bond donors (Lipinski definition) is 0. The number of rotatable bonds is 5. The average molecular weight is 374 g/mol. The Balaban J connectivity index is 1.62. The standard InChI is InChI=1S/C21H22N6O/c1-13(2)27-12-17(10-24-27)20(28)8-21-23-9-16-6-5-15(7-18(16)25-21)19-11-22-14(3)26(19)4/h5-7,9-13H,8H2,1-4H3. The Morgan fingerprint density at radius 1 is 1.14 bits per heavy atom. The highest BCUT2D eigenvalue weighted by molar-refractivity contribution is 5.97. The van der Waals surface area contributed by atoms with Gasteiger partial charge >= 0.3 is 0 Å². The highest BCUT2D eigenvalue weighted by Gasteiger charge is 2.14. The number of nitrogens with zero attached hydrogens (tertiary/aromatic N) is 6. The second kappa shape index (κ2) is 6.99. The molecule has 0 radical (unpaired) electrons. The number of imidazole rings is 1. The zero-order valence-corrected chi connectivity index (χ0v) is 16.4. The third-order valence-electron chi connectivity index (χ3n) is 4.92. The lowest BCUT2D eigenvalue weighted by Crippen LogP contribution is -2.07. The molecule has 0 N–H and O–H groups in total. The van der Waals surface area contributed by atoms with Crippen LogP contribution < -0.4 is 0 Å². The number of aromatic nitrogens is 6. The lowest BCUT2D eigenvalue weighted by Gasteiger charge is -2.06. The van der Waals surface area contributed by atoms with Crippen LogP contribution in [-0.2, 0) is 13.5 Å². The zero-order valence-electron chi connectivity index (χ0n) is 16.4. The molecule has 0 aliphatic rings. The van der Waals surface area contributed by atoms with Crippen molar-refractivity contribution in [1.82, 2.24) is 29.3 Å². The smallest absolute Gasteiger partial charge is 0.173 e. The third-order valence-corrected chi connectivity index (χ3v) is 4.92. The first-order valence-electron chi connectivity index (χ1n) is 9.24. The fourth-order valence-electron chi connectivity index (χ4n) is 3.09. The van der Waals surface area contributed by atoms with Crippen LogP contribution in [0, 0.1) is 6.92 Å². The van der Waals surface area contributed by atoms with Crippen molar-refractivity contribution in [3.63, 3.8) is 0 Å². The predicted octanol–water partition coefficient (Wildman–Crippen LogP) is 3.54. The monoisotopic (exact) mass is 374 g/mol. The van der Waals surface area contributed by atoms with Gasteiger partial charge in [0, 0.05) is 36.4 Å². The zero-order chi connectivity index (χ0) is 19.8. The van der Waals surface area contributed by atoms with Gasteiger partial charge in [0.15, 0.2) is 5.78 Å². The van der Waals surface area contributed by atoms with E-state index in [-0.39, 0.29) is 18.2 Å². The predicted molar refractivity (Wildman–Crippen MR) is 107 cm³/mol. The van der Waals surface area contributed by atoms with E-state index in [1.54, 1.807) is 23.3 Å². The lowest BCUT2D eigenvalue weighted by molar-refractivity contribution is 0.0991. The van der Waals surface area contributed by atoms with Gasteiger partial charge in [-0.25, -0.2) is 15.0 Å². The van der Waals surface area contributed by atoms with Crippen LogP contribution in [0.5, 0.6) is 0 Å². The largest absolute Gasteiger partial charge is 0.331 e. The van der Waals surface area contributed by atoms with Gasteiger partial charge in [-0.3, -0.25) is 9.48 Å². The van der Waals surface area contributed by atoms with Gasteiger partial charge in [0.1, 0.15) is 11.6 Å². The number of aryl methyl sites for hydroxylation is 1. The maximum atomic E-state index is 12.6. The number of carbonyl (C=O) groups is 1. The molecule has 0 amide bonds. The summed E-state index contributed by atoms with van der Waals surface area (Å²) in [7, 11) is 1.99. The maximum Gasteiger partial charge on any atom is 0.173 e. The molecule has 3 aromatic heterocycles. The summed E-state index contributed by atoms with van der Waals surface area (Å²) >= 11 is 0. The van der Waals surface area contributed by atoms with Crippen molar-refractivity contribution in [3.05, 3.63) is 60.2 Å². The molecule has 0 bridgehead atoms. The number of hydrogen-bond acceptors (Lipinski definition) is 5. The Morgan fingerprint density at radius 3 is 2.64 bits per heavy atom. The molecule has 0 atom stereocenters. The van der Waals surface area contributed by atoms with E-state index in [4.69, 9.17) is 0 Å². The first-order valence-corrected chi connectivity index (χ1v) is 9.24. The van der Waals surface area contributed by atoms with Gasteiger partial charge in [0.05, 0.1) is 35.6 Å². The summed E-state index contributed by atoms with van der Waals surface area (Å²) in [4.78, 5) is 25.9. The molecule has 0 unspecified atom stereocenters. The van der Waals surface area contributed by atoms with Gasteiger partial charge in [-0.2, -0.15) is 5.10 Å². The topological polar surface area (TPSA) is 78.5 Å². The minimum absolute atomic E-state index is 0.0373. The maximum absolute atomic E-state index is 12.6. The molecule has 4 aromatic rings. The number of carbonyl (C=O) groups excluding carboxylic acids is 1. The molecular weight excluding hydrogens is 352 g/mol. The normalized spacial score (nSPS) is 11.5. The molecule has 0 saturated carbocycles. The molecule has 0 fully saturated rings. The molecule has 28 heavy (non-hydrogen) atoms. The van der Waals surface area contributed by atoms with Crippen LogP contribution in [0.25, 0.3) is 22.2 Å². The summed E-state index contributed by atoms with van der Waals surface area (Å²) < 4.78 is 3.82. The SMILES string of the molecule is Cc1ncc(-c2ccc3cnc(CC(=O)c4cnn(C(C)C)c4)nc3c2)n1C. The fraction of sp³-hybridized carbons (Fsp3) is 0.286. The molecule has 0 aliphatic heterocycles. The Bertz CT molecular complexity index is 1170. The van der Waals surface area contributed by atoms with Crippen LogP contribution >= 0.6 is 0 Å². The van der Waals surface area contributed by atoms with Gasteiger partial charge in [-0.1, -0.05) is 12.1 Å².